The van der Waals surface area contributed by atoms with E-state index in [0.29, 0.717) is 6.01 Å². The molecule has 6 rings (SSSR count). The number of hydrogen-bond donors (Lipinski definition) is 2. The van der Waals surface area contributed by atoms with Gasteiger partial charge in [0.2, 0.25) is 0 Å². The molecule has 27 heavy (non-hydrogen) atoms. The van der Waals surface area contributed by atoms with Crippen LogP contribution in [0.4, 0.5) is 5.82 Å². The fourth-order valence-electron chi connectivity index (χ4n) is 4.56. The second-order valence-electron chi connectivity index (χ2n) is 7.53. The van der Waals surface area contributed by atoms with Crippen molar-refractivity contribution in [2.24, 2.45) is 5.92 Å². The van der Waals surface area contributed by atoms with Crippen LogP contribution in [0.25, 0.3) is 11.3 Å². The summed E-state index contributed by atoms with van der Waals surface area (Å²) in [7, 11) is 1.55. The highest BCUT2D eigenvalue weighted by atomic mass is 16.5. The Labute approximate surface area is 158 Å². The lowest BCUT2D eigenvalue weighted by Crippen LogP contribution is -2.64. The molecule has 3 saturated heterocycles. The SMILES string of the molecule is COc1ncc(-c2cc(NC3=CC[C@@]4(CN5CCC4CC5)N3)ncn2)cn1. The molecule has 2 bridgehead atoms. The molecule has 140 valence electrons. The molecule has 4 aliphatic heterocycles. The number of anilines is 1. The summed E-state index contributed by atoms with van der Waals surface area (Å²) in [5, 5.41) is 7.19. The summed E-state index contributed by atoms with van der Waals surface area (Å²) in [5.41, 5.74) is 1.79. The van der Waals surface area contributed by atoms with Crippen molar-refractivity contribution in [3.05, 3.63) is 36.7 Å². The highest BCUT2D eigenvalue weighted by molar-refractivity contribution is 5.61. The first-order valence-electron chi connectivity index (χ1n) is 9.40. The van der Waals surface area contributed by atoms with Crippen LogP contribution < -0.4 is 15.4 Å². The third-order valence-electron chi connectivity index (χ3n) is 5.97. The molecule has 0 radical (unpaired) electrons. The molecule has 0 amide bonds. The molecule has 1 spiro atoms. The number of nitrogens with zero attached hydrogens (tertiary/aromatic N) is 5. The first-order valence-corrected chi connectivity index (χ1v) is 9.40. The Morgan fingerprint density at radius 3 is 2.70 bits per heavy atom. The topological polar surface area (TPSA) is 88.1 Å². The molecule has 4 aliphatic rings. The van der Waals surface area contributed by atoms with E-state index in [-0.39, 0.29) is 5.54 Å². The van der Waals surface area contributed by atoms with Gasteiger partial charge in [0.25, 0.3) is 0 Å². The van der Waals surface area contributed by atoms with Gasteiger partial charge < -0.3 is 20.3 Å². The quantitative estimate of drug-likeness (QED) is 0.846. The first kappa shape index (κ1) is 16.4. The predicted octanol–water partition coefficient (Wildman–Crippen LogP) is 1.65. The van der Waals surface area contributed by atoms with Crippen LogP contribution in [0.3, 0.4) is 0 Å². The summed E-state index contributed by atoms with van der Waals surface area (Å²) < 4.78 is 5.01. The minimum Gasteiger partial charge on any atom is -0.467 e. The van der Waals surface area contributed by atoms with Gasteiger partial charge in [-0.15, -0.1) is 0 Å². The molecule has 2 aromatic heterocycles. The average molecular weight is 365 g/mol. The summed E-state index contributed by atoms with van der Waals surface area (Å²) >= 11 is 0. The largest absolute Gasteiger partial charge is 0.467 e. The molecule has 6 heterocycles. The summed E-state index contributed by atoms with van der Waals surface area (Å²) in [5.74, 6) is 2.56. The molecule has 3 fully saturated rings. The maximum absolute atomic E-state index is 5.01. The third-order valence-corrected chi connectivity index (χ3v) is 5.97. The fourth-order valence-corrected chi connectivity index (χ4v) is 4.56. The van der Waals surface area contributed by atoms with Crippen LogP contribution in [0.1, 0.15) is 19.3 Å². The van der Waals surface area contributed by atoms with Crippen LogP contribution in [-0.2, 0) is 0 Å². The monoisotopic (exact) mass is 365 g/mol. The van der Waals surface area contributed by atoms with Crippen LogP contribution in [-0.4, -0.2) is 57.1 Å². The van der Waals surface area contributed by atoms with Crippen LogP contribution in [0.5, 0.6) is 6.01 Å². The molecule has 8 heteroatoms. The average Bonchev–Trinajstić information content (AvgIpc) is 3.11. The number of rotatable bonds is 4. The van der Waals surface area contributed by atoms with E-state index in [0.717, 1.165) is 41.8 Å². The van der Waals surface area contributed by atoms with Crippen molar-refractivity contribution in [1.82, 2.24) is 30.2 Å². The maximum Gasteiger partial charge on any atom is 0.316 e. The van der Waals surface area contributed by atoms with E-state index < -0.39 is 0 Å². The summed E-state index contributed by atoms with van der Waals surface area (Å²) in [6.45, 7) is 3.63. The number of nitrogens with one attached hydrogen (secondary N) is 2. The Bertz CT molecular complexity index is 861. The molecule has 0 aromatic carbocycles. The van der Waals surface area contributed by atoms with Crippen LogP contribution >= 0.6 is 0 Å². The smallest absolute Gasteiger partial charge is 0.316 e. The molecular weight excluding hydrogens is 342 g/mol. The van der Waals surface area contributed by atoms with Gasteiger partial charge in [-0.25, -0.2) is 19.9 Å². The molecule has 2 N–H and O–H groups in total. The number of aromatic nitrogens is 4. The van der Waals surface area contributed by atoms with Gasteiger partial charge in [-0.1, -0.05) is 0 Å². The lowest BCUT2D eigenvalue weighted by atomic mass is 9.72. The maximum atomic E-state index is 5.01. The summed E-state index contributed by atoms with van der Waals surface area (Å²) in [6.07, 6.45) is 10.9. The molecule has 2 aromatic rings. The molecule has 1 atom stereocenters. The fraction of sp³-hybridized carbons (Fsp3) is 0.474. The van der Waals surface area contributed by atoms with Crippen molar-refractivity contribution in [2.45, 2.75) is 24.8 Å². The van der Waals surface area contributed by atoms with E-state index in [1.807, 2.05) is 6.07 Å². The van der Waals surface area contributed by atoms with Crippen molar-refractivity contribution in [1.29, 1.82) is 0 Å². The number of ether oxygens (including phenoxy) is 1. The Morgan fingerprint density at radius 1 is 1.19 bits per heavy atom. The van der Waals surface area contributed by atoms with E-state index in [1.165, 1.54) is 25.9 Å². The van der Waals surface area contributed by atoms with Crippen molar-refractivity contribution in [3.63, 3.8) is 0 Å². The van der Waals surface area contributed by atoms with Crippen LogP contribution in [0.2, 0.25) is 0 Å². The van der Waals surface area contributed by atoms with E-state index >= 15 is 0 Å². The molecule has 8 nitrogen and oxygen atoms in total. The standard InChI is InChI=1S/C19H23N7O/c1-27-18-20-9-13(10-21-18)15-8-17(23-12-22-15)24-16-2-5-19(25-16)11-26-6-3-14(19)4-7-26/h2,8-10,12,14,25H,3-7,11H2,1H3,(H,22,23,24)/t19-/m0/s1. The van der Waals surface area contributed by atoms with E-state index in [9.17, 15) is 0 Å². The van der Waals surface area contributed by atoms with Crippen LogP contribution in [0.15, 0.2) is 36.7 Å². The van der Waals surface area contributed by atoms with Gasteiger partial charge in [0.15, 0.2) is 0 Å². The minimum atomic E-state index is 0.193. The zero-order valence-corrected chi connectivity index (χ0v) is 15.4. The number of piperidine rings is 3. The van der Waals surface area contributed by atoms with Gasteiger partial charge in [-0.3, -0.25) is 0 Å². The number of fused-ring (bicyclic) bond motifs is 2. The summed E-state index contributed by atoms with van der Waals surface area (Å²) in [4.78, 5) is 19.6. The Hall–Kier alpha value is -2.74. The van der Waals surface area contributed by atoms with E-state index in [4.69, 9.17) is 4.74 Å². The van der Waals surface area contributed by atoms with E-state index in [1.54, 1.807) is 25.8 Å². The third kappa shape index (κ3) is 2.99. The Kier molecular flexibility index (Phi) is 3.93. The van der Waals surface area contributed by atoms with Gasteiger partial charge in [0.1, 0.15) is 18.0 Å². The lowest BCUT2D eigenvalue weighted by molar-refractivity contribution is 0.0189. The van der Waals surface area contributed by atoms with Crippen molar-refractivity contribution in [3.8, 4) is 17.3 Å². The van der Waals surface area contributed by atoms with Crippen molar-refractivity contribution >= 4 is 5.82 Å². The second kappa shape index (κ2) is 6.45. The number of methoxy groups -OCH3 is 1. The second-order valence-corrected chi connectivity index (χ2v) is 7.53. The predicted molar refractivity (Wildman–Crippen MR) is 101 cm³/mol. The summed E-state index contributed by atoms with van der Waals surface area (Å²) in [6, 6.07) is 2.25. The molecule has 0 saturated carbocycles. The first-order chi connectivity index (χ1) is 13.2. The molecular formula is C19H23N7O. The minimum absolute atomic E-state index is 0.193. The number of hydrogen-bond acceptors (Lipinski definition) is 8. The van der Waals surface area contributed by atoms with Gasteiger partial charge in [0, 0.05) is 30.6 Å². The Balaban J connectivity index is 1.30. The normalized spacial score (nSPS) is 28.7. The zero-order valence-electron chi connectivity index (χ0n) is 15.4. The zero-order chi connectivity index (χ0) is 18.3. The highest BCUT2D eigenvalue weighted by Gasteiger charge is 2.48. The highest BCUT2D eigenvalue weighted by Crippen LogP contribution is 2.41. The van der Waals surface area contributed by atoms with Gasteiger partial charge in [-0.05, 0) is 44.3 Å². The van der Waals surface area contributed by atoms with Gasteiger partial charge >= 0.3 is 6.01 Å². The molecule has 0 aliphatic carbocycles. The van der Waals surface area contributed by atoms with Gasteiger partial charge in [-0.2, -0.15) is 0 Å². The lowest BCUT2D eigenvalue weighted by Gasteiger charge is -2.52. The van der Waals surface area contributed by atoms with Crippen LogP contribution in [0, 0.1) is 5.92 Å². The van der Waals surface area contributed by atoms with Crippen molar-refractivity contribution < 1.29 is 4.74 Å². The van der Waals surface area contributed by atoms with Gasteiger partial charge in [0.05, 0.1) is 18.3 Å². The van der Waals surface area contributed by atoms with Crippen molar-refractivity contribution in [2.75, 3.05) is 32.1 Å². The Morgan fingerprint density at radius 2 is 2.00 bits per heavy atom. The molecule has 0 unspecified atom stereocenters. The van der Waals surface area contributed by atoms with E-state index in [2.05, 4.69) is 41.5 Å².